The molecule has 0 saturated carbocycles. The quantitative estimate of drug-likeness (QED) is 0.244. The summed E-state index contributed by atoms with van der Waals surface area (Å²) in [4.78, 5) is 12.8. The van der Waals surface area contributed by atoms with Crippen molar-refractivity contribution in [3.63, 3.8) is 0 Å². The van der Waals surface area contributed by atoms with E-state index in [1.165, 1.54) is 11.8 Å². The number of halogens is 2. The Balaban J connectivity index is 1.34. The van der Waals surface area contributed by atoms with E-state index in [1.54, 1.807) is 30.5 Å². The molecule has 1 amide bonds. The minimum Gasteiger partial charge on any atom is -0.457 e. The summed E-state index contributed by atoms with van der Waals surface area (Å²) in [6, 6.07) is 23.7. The monoisotopic (exact) mass is 483 g/mol. The predicted octanol–water partition coefficient (Wildman–Crippen LogP) is 5.96. The van der Waals surface area contributed by atoms with Crippen molar-refractivity contribution in [2.45, 2.75) is 22.3 Å². The molecule has 0 aliphatic carbocycles. The normalized spacial score (nSPS) is 17.1. The Morgan fingerprint density at radius 1 is 1.03 bits per heavy atom. The van der Waals surface area contributed by atoms with Crippen LogP contribution in [0.15, 0.2) is 94.0 Å². The van der Waals surface area contributed by atoms with Crippen LogP contribution < -0.4 is 10.1 Å². The Bertz CT molecular complexity index is 1160. The molecule has 0 aromatic heterocycles. The summed E-state index contributed by atoms with van der Waals surface area (Å²) in [7, 11) is 0. The van der Waals surface area contributed by atoms with Gasteiger partial charge in [0.2, 0.25) is 5.91 Å². The molecule has 1 aliphatic rings. The molecule has 0 radical (unpaired) electrons. The fraction of sp³-hybridized carbons (Fsp3) is 0.125. The molecule has 1 atom stereocenters. The maximum absolute atomic E-state index is 12.4. The summed E-state index contributed by atoms with van der Waals surface area (Å²) in [5.74, 6) is -1.19. The average molecular weight is 484 g/mol. The highest BCUT2D eigenvalue weighted by Gasteiger charge is 2.30. The second kappa shape index (κ2) is 11.1. The molecule has 33 heavy (non-hydrogen) atoms. The summed E-state index contributed by atoms with van der Waals surface area (Å²) in [5.41, 5.74) is 1.70. The maximum atomic E-state index is 12.4. The highest BCUT2D eigenvalue weighted by molar-refractivity contribution is 8.15. The number of ether oxygens (including phenoxy) is 1. The van der Waals surface area contributed by atoms with Crippen molar-refractivity contribution in [2.24, 2.45) is 10.2 Å². The van der Waals surface area contributed by atoms with Crippen LogP contribution in [0.25, 0.3) is 0 Å². The third-order valence-electron chi connectivity index (χ3n) is 4.54. The number of nitrogens with zero attached hydrogens (tertiary/aromatic N) is 2. The first-order valence-electron chi connectivity index (χ1n) is 10.0. The van der Waals surface area contributed by atoms with Gasteiger partial charge in [-0.05, 0) is 53.9 Å². The molecule has 4 rings (SSSR count). The number of carbonyl (C=O) groups is 1. The van der Waals surface area contributed by atoms with E-state index in [0.29, 0.717) is 34.0 Å². The number of rotatable bonds is 8. The molecule has 0 spiro atoms. The number of para-hydroxylation sites is 1. The predicted molar refractivity (Wildman–Crippen MR) is 130 cm³/mol. The van der Waals surface area contributed by atoms with Crippen molar-refractivity contribution >= 4 is 40.8 Å². The van der Waals surface area contributed by atoms with Crippen LogP contribution in [0.2, 0.25) is 0 Å². The van der Waals surface area contributed by atoms with Crippen LogP contribution in [0, 0.1) is 0 Å². The number of thioether (sulfide) groups is 2. The zero-order valence-corrected chi connectivity index (χ0v) is 18.9. The van der Waals surface area contributed by atoms with Gasteiger partial charge in [0.1, 0.15) is 11.5 Å². The fourth-order valence-electron chi connectivity index (χ4n) is 3.04. The van der Waals surface area contributed by atoms with E-state index in [2.05, 4.69) is 15.5 Å². The second-order valence-electron chi connectivity index (χ2n) is 6.96. The topological polar surface area (TPSA) is 63.0 Å². The second-order valence-corrected chi connectivity index (χ2v) is 9.21. The van der Waals surface area contributed by atoms with Gasteiger partial charge in [0.15, 0.2) is 5.17 Å². The number of alkyl halides is 2. The van der Waals surface area contributed by atoms with Gasteiger partial charge in [0, 0.05) is 4.90 Å². The molecule has 9 heteroatoms. The van der Waals surface area contributed by atoms with Gasteiger partial charge in [-0.3, -0.25) is 4.79 Å². The molecule has 168 valence electrons. The highest BCUT2D eigenvalue weighted by Crippen LogP contribution is 2.27. The summed E-state index contributed by atoms with van der Waals surface area (Å²) >= 11 is 1.79. The molecule has 5 nitrogen and oxygen atoms in total. The lowest BCUT2D eigenvalue weighted by Gasteiger charge is -2.06. The number of hydrogen-bond acceptors (Lipinski definition) is 6. The number of nitrogens with one attached hydrogen (secondary N) is 1. The van der Waals surface area contributed by atoms with Crippen molar-refractivity contribution < 1.29 is 18.3 Å². The first kappa shape index (κ1) is 23.0. The lowest BCUT2D eigenvalue weighted by Crippen LogP contribution is -2.25. The highest BCUT2D eigenvalue weighted by atomic mass is 32.2. The third-order valence-corrected chi connectivity index (χ3v) is 6.33. The maximum Gasteiger partial charge on any atom is 0.288 e. The molecular formula is C24H19F2N3O2S2. The van der Waals surface area contributed by atoms with Crippen molar-refractivity contribution in [1.82, 2.24) is 5.32 Å². The van der Waals surface area contributed by atoms with Crippen LogP contribution in [0.5, 0.6) is 11.5 Å². The number of benzene rings is 3. The molecule has 1 fully saturated rings. The Labute approximate surface area is 198 Å². The van der Waals surface area contributed by atoms with Crippen LogP contribution in [-0.2, 0) is 11.2 Å². The van der Waals surface area contributed by atoms with E-state index in [9.17, 15) is 13.6 Å². The molecule has 1 unspecified atom stereocenters. The smallest absolute Gasteiger partial charge is 0.288 e. The number of amidine groups is 1. The molecule has 1 saturated heterocycles. The van der Waals surface area contributed by atoms with Gasteiger partial charge in [-0.15, -0.1) is 5.10 Å². The molecule has 1 aliphatic heterocycles. The minimum absolute atomic E-state index is 0.154. The van der Waals surface area contributed by atoms with Gasteiger partial charge in [0.05, 0.1) is 11.5 Å². The Morgan fingerprint density at radius 2 is 1.79 bits per heavy atom. The molecular weight excluding hydrogens is 464 g/mol. The largest absolute Gasteiger partial charge is 0.457 e. The van der Waals surface area contributed by atoms with E-state index in [1.807, 2.05) is 54.6 Å². The van der Waals surface area contributed by atoms with Crippen molar-refractivity contribution in [3.8, 4) is 11.5 Å². The van der Waals surface area contributed by atoms with E-state index in [-0.39, 0.29) is 11.2 Å². The van der Waals surface area contributed by atoms with Crippen LogP contribution in [0.3, 0.4) is 0 Å². The number of hydrogen-bond donors (Lipinski definition) is 1. The van der Waals surface area contributed by atoms with Crippen molar-refractivity contribution in [3.05, 3.63) is 90.0 Å². The first-order chi connectivity index (χ1) is 16.0. The Morgan fingerprint density at radius 3 is 2.55 bits per heavy atom. The van der Waals surface area contributed by atoms with Gasteiger partial charge in [0.25, 0.3) is 5.76 Å². The van der Waals surface area contributed by atoms with Crippen LogP contribution in [0.1, 0.15) is 11.1 Å². The first-order valence-corrected chi connectivity index (χ1v) is 11.8. The lowest BCUT2D eigenvalue weighted by molar-refractivity contribution is -0.118. The summed E-state index contributed by atoms with van der Waals surface area (Å²) in [6.07, 6.45) is 2.06. The van der Waals surface area contributed by atoms with Crippen molar-refractivity contribution in [1.29, 1.82) is 0 Å². The van der Waals surface area contributed by atoms with Gasteiger partial charge in [-0.25, -0.2) is 0 Å². The SMILES string of the molecule is O=C1NC(=NN=Cc2cccc(Oc3ccccc3)c2)SC1Cc1ccc(SC(F)F)cc1. The van der Waals surface area contributed by atoms with Crippen LogP contribution >= 0.6 is 23.5 Å². The van der Waals surface area contributed by atoms with E-state index in [0.717, 1.165) is 16.9 Å². The van der Waals surface area contributed by atoms with Gasteiger partial charge < -0.3 is 10.1 Å². The van der Waals surface area contributed by atoms with Gasteiger partial charge in [-0.1, -0.05) is 66.0 Å². The lowest BCUT2D eigenvalue weighted by atomic mass is 10.1. The standard InChI is InChI=1S/C24H19F2N3O2S2/c25-23(26)32-20-11-9-16(10-12-20)14-21-22(30)28-24(33-21)29-27-15-17-5-4-8-19(13-17)31-18-6-2-1-3-7-18/h1-13,15,21,23H,14H2,(H,28,29,30). The molecule has 1 N–H and O–H groups in total. The van der Waals surface area contributed by atoms with E-state index in [4.69, 9.17) is 4.74 Å². The molecule has 1 heterocycles. The molecule has 3 aromatic rings. The Hall–Kier alpha value is -3.17. The minimum atomic E-state index is -2.45. The zero-order chi connectivity index (χ0) is 23.0. The summed E-state index contributed by atoms with van der Waals surface area (Å²) < 4.78 is 30.7. The number of carbonyl (C=O) groups excluding carboxylic acids is 1. The van der Waals surface area contributed by atoms with Crippen molar-refractivity contribution in [2.75, 3.05) is 0 Å². The van der Waals surface area contributed by atoms with Crippen LogP contribution in [0.4, 0.5) is 8.78 Å². The van der Waals surface area contributed by atoms with Crippen LogP contribution in [-0.4, -0.2) is 28.3 Å². The summed E-state index contributed by atoms with van der Waals surface area (Å²) in [5, 5.41) is 11.0. The molecule has 0 bridgehead atoms. The van der Waals surface area contributed by atoms with Gasteiger partial charge >= 0.3 is 0 Å². The Kier molecular flexibility index (Phi) is 7.74. The fourth-order valence-corrected chi connectivity index (χ4v) is 4.50. The van der Waals surface area contributed by atoms with E-state index >= 15 is 0 Å². The average Bonchev–Trinajstić information content (AvgIpc) is 3.14. The molecule has 3 aromatic carbocycles. The number of amides is 1. The van der Waals surface area contributed by atoms with E-state index < -0.39 is 5.76 Å². The zero-order valence-electron chi connectivity index (χ0n) is 17.2. The summed E-state index contributed by atoms with van der Waals surface area (Å²) in [6.45, 7) is 0. The third kappa shape index (κ3) is 6.90. The van der Waals surface area contributed by atoms with Gasteiger partial charge in [-0.2, -0.15) is 13.9 Å².